The Labute approximate surface area is 129 Å². The van der Waals surface area contributed by atoms with Crippen molar-refractivity contribution in [2.75, 3.05) is 26.8 Å². The Kier molecular flexibility index (Phi) is 6.33. The maximum absolute atomic E-state index is 13.5. The molecule has 0 aromatic heterocycles. The van der Waals surface area contributed by atoms with Crippen molar-refractivity contribution in [2.24, 2.45) is 4.99 Å². The molecule has 4 nitrogen and oxygen atoms in total. The van der Waals surface area contributed by atoms with Crippen LogP contribution in [0.4, 0.5) is 8.78 Å². The lowest BCUT2D eigenvalue weighted by atomic mass is 10.1. The summed E-state index contributed by atoms with van der Waals surface area (Å²) in [6.45, 7) is 2.37. The van der Waals surface area contributed by atoms with Crippen molar-refractivity contribution in [3.63, 3.8) is 0 Å². The average Bonchev–Trinajstić information content (AvgIpc) is 2.54. The molecule has 0 aliphatic carbocycles. The van der Waals surface area contributed by atoms with Crippen LogP contribution in [0.2, 0.25) is 0 Å². The van der Waals surface area contributed by atoms with Crippen molar-refractivity contribution < 1.29 is 13.5 Å². The third-order valence-electron chi connectivity index (χ3n) is 3.47. The second kappa shape index (κ2) is 8.48. The van der Waals surface area contributed by atoms with Crippen molar-refractivity contribution in [2.45, 2.75) is 19.4 Å². The first kappa shape index (κ1) is 16.4. The maximum atomic E-state index is 13.5. The molecule has 1 aromatic rings. The number of nitrogens with zero attached hydrogens (tertiary/aromatic N) is 1. The fourth-order valence-corrected chi connectivity index (χ4v) is 2.21. The summed E-state index contributed by atoms with van der Waals surface area (Å²) in [5.74, 6) is -0.319. The van der Waals surface area contributed by atoms with Gasteiger partial charge in [-0.1, -0.05) is 11.6 Å². The third-order valence-corrected chi connectivity index (χ3v) is 3.47. The number of aliphatic imine (C=N–C) groups is 1. The predicted octanol–water partition coefficient (Wildman–Crippen LogP) is 2.37. The monoisotopic (exact) mass is 309 g/mol. The van der Waals surface area contributed by atoms with Crippen LogP contribution < -0.4 is 10.6 Å². The standard InChI is InChI=1S/C16H21F2N3O/c1-19-16(20-7-4-12-5-8-22-9-6-12)21-11-13-10-14(17)2-3-15(13)18/h2-3,5,10H,4,6-9,11H2,1H3,(H2,19,20,21). The van der Waals surface area contributed by atoms with E-state index in [0.717, 1.165) is 38.1 Å². The molecular weight excluding hydrogens is 288 g/mol. The van der Waals surface area contributed by atoms with E-state index in [2.05, 4.69) is 21.7 Å². The highest BCUT2D eigenvalue weighted by molar-refractivity contribution is 5.79. The summed E-state index contributed by atoms with van der Waals surface area (Å²) in [7, 11) is 1.64. The van der Waals surface area contributed by atoms with Crippen molar-refractivity contribution in [1.29, 1.82) is 0 Å². The lowest BCUT2D eigenvalue weighted by Gasteiger charge is -2.15. The fourth-order valence-electron chi connectivity index (χ4n) is 2.21. The topological polar surface area (TPSA) is 45.7 Å². The molecule has 0 bridgehead atoms. The smallest absolute Gasteiger partial charge is 0.191 e. The zero-order valence-corrected chi connectivity index (χ0v) is 12.7. The molecule has 0 saturated heterocycles. The highest BCUT2D eigenvalue weighted by Crippen LogP contribution is 2.11. The molecule has 0 atom stereocenters. The summed E-state index contributed by atoms with van der Waals surface area (Å²) >= 11 is 0. The molecule has 1 aliphatic heterocycles. The molecule has 0 unspecified atom stereocenters. The van der Waals surface area contributed by atoms with Crippen LogP contribution in [0.5, 0.6) is 0 Å². The minimum absolute atomic E-state index is 0.180. The number of ether oxygens (including phenoxy) is 1. The Morgan fingerprint density at radius 3 is 2.91 bits per heavy atom. The van der Waals surface area contributed by atoms with Gasteiger partial charge in [-0.2, -0.15) is 0 Å². The van der Waals surface area contributed by atoms with E-state index in [1.165, 1.54) is 11.6 Å². The van der Waals surface area contributed by atoms with E-state index in [0.29, 0.717) is 12.6 Å². The summed E-state index contributed by atoms with van der Waals surface area (Å²) in [6, 6.07) is 3.41. The molecule has 120 valence electrons. The van der Waals surface area contributed by atoms with Crippen LogP contribution in [0.15, 0.2) is 34.8 Å². The molecule has 0 radical (unpaired) electrons. The summed E-state index contributed by atoms with van der Waals surface area (Å²) in [5, 5.41) is 6.14. The van der Waals surface area contributed by atoms with Crippen LogP contribution in [0, 0.1) is 11.6 Å². The predicted molar refractivity (Wildman–Crippen MR) is 82.7 cm³/mol. The first-order valence-electron chi connectivity index (χ1n) is 7.33. The van der Waals surface area contributed by atoms with Crippen LogP contribution in [0.1, 0.15) is 18.4 Å². The first-order valence-corrected chi connectivity index (χ1v) is 7.33. The van der Waals surface area contributed by atoms with Gasteiger partial charge >= 0.3 is 0 Å². The van der Waals surface area contributed by atoms with Crippen LogP contribution in [0.25, 0.3) is 0 Å². The van der Waals surface area contributed by atoms with Gasteiger partial charge in [0, 0.05) is 25.7 Å². The molecule has 2 N–H and O–H groups in total. The molecule has 0 spiro atoms. The van der Waals surface area contributed by atoms with Crippen LogP contribution >= 0.6 is 0 Å². The van der Waals surface area contributed by atoms with Gasteiger partial charge in [0.05, 0.1) is 13.2 Å². The van der Waals surface area contributed by atoms with Crippen LogP contribution in [-0.2, 0) is 11.3 Å². The summed E-state index contributed by atoms with van der Waals surface area (Å²) in [5.41, 5.74) is 1.64. The molecule has 22 heavy (non-hydrogen) atoms. The van der Waals surface area contributed by atoms with E-state index in [-0.39, 0.29) is 12.1 Å². The van der Waals surface area contributed by atoms with E-state index in [9.17, 15) is 8.78 Å². The molecule has 1 aromatic carbocycles. The number of hydrogen-bond donors (Lipinski definition) is 2. The lowest BCUT2D eigenvalue weighted by Crippen LogP contribution is -2.37. The Morgan fingerprint density at radius 1 is 1.32 bits per heavy atom. The first-order chi connectivity index (χ1) is 10.7. The zero-order chi connectivity index (χ0) is 15.8. The molecule has 0 amide bonds. The van der Waals surface area contributed by atoms with Crippen molar-refractivity contribution in [3.8, 4) is 0 Å². The number of nitrogens with one attached hydrogen (secondary N) is 2. The fraction of sp³-hybridized carbons (Fsp3) is 0.438. The molecule has 1 heterocycles. The van der Waals surface area contributed by atoms with Gasteiger partial charge in [-0.05, 0) is 31.0 Å². The van der Waals surface area contributed by atoms with Crippen molar-refractivity contribution in [3.05, 3.63) is 47.0 Å². The molecule has 6 heteroatoms. The highest BCUT2D eigenvalue weighted by Gasteiger charge is 2.06. The summed E-state index contributed by atoms with van der Waals surface area (Å²) in [6.07, 6.45) is 3.98. The number of guanidine groups is 1. The highest BCUT2D eigenvalue weighted by atomic mass is 19.1. The molecule has 1 aliphatic rings. The number of hydrogen-bond acceptors (Lipinski definition) is 2. The van der Waals surface area contributed by atoms with E-state index in [1.807, 2.05) is 0 Å². The Balaban J connectivity index is 1.77. The van der Waals surface area contributed by atoms with Crippen molar-refractivity contribution >= 4 is 5.96 Å². The average molecular weight is 309 g/mol. The van der Waals surface area contributed by atoms with E-state index in [4.69, 9.17) is 4.74 Å². The normalized spacial score (nSPS) is 15.4. The maximum Gasteiger partial charge on any atom is 0.191 e. The van der Waals surface area contributed by atoms with Gasteiger partial charge in [0.15, 0.2) is 5.96 Å². The largest absolute Gasteiger partial charge is 0.377 e. The molecule has 0 saturated carbocycles. The summed E-state index contributed by atoms with van der Waals surface area (Å²) in [4.78, 5) is 4.07. The quantitative estimate of drug-likeness (QED) is 0.499. The molecule has 2 rings (SSSR count). The number of benzene rings is 1. The Morgan fingerprint density at radius 2 is 2.18 bits per heavy atom. The second-order valence-corrected chi connectivity index (χ2v) is 5.03. The number of rotatable bonds is 5. The Bertz CT molecular complexity index is 558. The van der Waals surface area contributed by atoms with Gasteiger partial charge in [-0.25, -0.2) is 8.78 Å². The van der Waals surface area contributed by atoms with Crippen LogP contribution in [-0.4, -0.2) is 32.8 Å². The van der Waals surface area contributed by atoms with E-state index < -0.39 is 11.6 Å². The van der Waals surface area contributed by atoms with E-state index in [1.54, 1.807) is 7.05 Å². The van der Waals surface area contributed by atoms with Crippen LogP contribution in [0.3, 0.4) is 0 Å². The van der Waals surface area contributed by atoms with Gasteiger partial charge in [-0.15, -0.1) is 0 Å². The van der Waals surface area contributed by atoms with Gasteiger partial charge in [-0.3, -0.25) is 4.99 Å². The van der Waals surface area contributed by atoms with Gasteiger partial charge in [0.2, 0.25) is 0 Å². The third kappa shape index (κ3) is 5.11. The lowest BCUT2D eigenvalue weighted by molar-refractivity contribution is 0.153. The van der Waals surface area contributed by atoms with E-state index >= 15 is 0 Å². The minimum Gasteiger partial charge on any atom is -0.377 e. The van der Waals surface area contributed by atoms with Crippen molar-refractivity contribution in [1.82, 2.24) is 10.6 Å². The zero-order valence-electron chi connectivity index (χ0n) is 12.7. The Hall–Kier alpha value is -1.95. The molecule has 0 fully saturated rings. The number of halogens is 2. The SMILES string of the molecule is CN=C(NCCC1=CCOCC1)NCc1cc(F)ccc1F. The van der Waals surface area contributed by atoms with Gasteiger partial charge in [0.25, 0.3) is 0 Å². The molecular formula is C16H21F2N3O. The van der Waals surface area contributed by atoms with Gasteiger partial charge in [0.1, 0.15) is 11.6 Å². The summed E-state index contributed by atoms with van der Waals surface area (Å²) < 4.78 is 31.9. The minimum atomic E-state index is -0.451. The van der Waals surface area contributed by atoms with Gasteiger partial charge < -0.3 is 15.4 Å². The second-order valence-electron chi connectivity index (χ2n) is 5.03.